The lowest BCUT2D eigenvalue weighted by molar-refractivity contribution is -0.275. The van der Waals surface area contributed by atoms with Crippen molar-refractivity contribution in [3.8, 4) is 45.5 Å². The van der Waals surface area contributed by atoms with Crippen molar-refractivity contribution in [2.24, 2.45) is 5.73 Å². The van der Waals surface area contributed by atoms with Crippen LogP contribution in [0, 0.1) is 0 Å². The molecule has 26 heteroatoms. The van der Waals surface area contributed by atoms with Gasteiger partial charge in [-0.2, -0.15) is 29.3 Å². The van der Waals surface area contributed by atoms with Gasteiger partial charge in [-0.3, -0.25) is 9.59 Å². The largest absolute Gasteiger partial charge is 0.573 e. The summed E-state index contributed by atoms with van der Waals surface area (Å²) in [4.78, 5) is 60.6. The number of phenolic OH excluding ortho intramolecular Hbond substituents is 2. The van der Waals surface area contributed by atoms with E-state index in [2.05, 4.69) is 46.0 Å². The Morgan fingerprint density at radius 2 is 1.09 bits per heavy atom. The van der Waals surface area contributed by atoms with E-state index in [1.807, 2.05) is 13.8 Å². The SMILES string of the molecule is CC(C)NC(=O)n1nc(-c2cc(NC(=O)c3ccc(OC(F)(F)F)cc3)ccc2O)cc1C1CCC1.CCNC(=O)n1nc(-c2cc(NC(=O)c3ccc(OC(F)(F)F)cc3)ccc2O)cc1C1CCC1.NC(=O)n1cccn1. The fraction of sp³-hybridized carbons (Fsp3) is 0.283. The van der Waals surface area contributed by atoms with Crippen molar-refractivity contribution < 1.29 is 70.0 Å². The number of carbonyl (C=O) groups is 5. The van der Waals surface area contributed by atoms with Crippen molar-refractivity contribution in [1.82, 2.24) is 40.0 Å². The number of hydrogen-bond acceptors (Lipinski definition) is 12. The summed E-state index contributed by atoms with van der Waals surface area (Å²) in [6, 6.07) is 21.6. The smallest absolute Gasteiger partial charge is 0.507 e. The van der Waals surface area contributed by atoms with E-state index in [9.17, 15) is 60.5 Å². The minimum atomic E-state index is -4.83. The number of benzene rings is 4. The number of rotatable bonds is 12. The molecular formula is C53H53F6N11O9. The standard InChI is InChI=1S/C25H25F3N4O4.C24H23F3N4O4.C4H5N3O/c1-14(2)29-24(35)32-21(15-4-3-5-15)13-20(31-32)19-12-17(8-11-22(19)33)30-23(34)16-6-9-18(10-7-16)36-25(26,27)28;1-2-28-23(34)31-20(14-4-3-5-14)13-19(30-31)18-12-16(8-11-21(18)32)29-22(33)15-6-9-17(10-7-15)35-24(25,26)27;5-4(8)7-3-1-2-6-7/h6-15,33H,3-5H2,1-2H3,(H,29,35)(H,30,34);6-14,32H,2-5H2,1H3,(H,28,34)(H,29,33);1-3H,(H2,5,8). The number of nitrogens with one attached hydrogen (secondary N) is 4. The zero-order valence-electron chi connectivity index (χ0n) is 42.4. The van der Waals surface area contributed by atoms with Crippen LogP contribution >= 0.6 is 0 Å². The van der Waals surface area contributed by atoms with Gasteiger partial charge in [0.2, 0.25) is 0 Å². The number of halogens is 6. The quantitative estimate of drug-likeness (QED) is 0.0445. The summed E-state index contributed by atoms with van der Waals surface area (Å²) in [6.45, 7) is 5.94. The van der Waals surface area contributed by atoms with Gasteiger partial charge in [0.25, 0.3) is 11.8 Å². The Kier molecular flexibility index (Phi) is 18.0. The van der Waals surface area contributed by atoms with Gasteiger partial charge >= 0.3 is 30.8 Å². The second-order valence-electron chi connectivity index (χ2n) is 18.2. The monoisotopic (exact) mass is 1100 g/mol. The summed E-state index contributed by atoms with van der Waals surface area (Å²) in [5.41, 5.74) is 8.60. The summed E-state index contributed by atoms with van der Waals surface area (Å²) in [5, 5.41) is 44.2. The lowest BCUT2D eigenvalue weighted by atomic mass is 9.82. The van der Waals surface area contributed by atoms with Crippen LogP contribution in [0.25, 0.3) is 22.5 Å². The minimum absolute atomic E-state index is 0.0829. The third-order valence-corrected chi connectivity index (χ3v) is 12.1. The van der Waals surface area contributed by atoms with Crippen molar-refractivity contribution in [2.45, 2.75) is 89.9 Å². The Morgan fingerprint density at radius 1 is 0.658 bits per heavy atom. The second kappa shape index (κ2) is 24.8. The van der Waals surface area contributed by atoms with Gasteiger partial charge in [-0.15, -0.1) is 26.3 Å². The first-order chi connectivity index (χ1) is 37.4. The van der Waals surface area contributed by atoms with Crippen LogP contribution < -0.4 is 36.5 Å². The number of nitrogens with two attached hydrogens (primary N) is 1. The lowest BCUT2D eigenvalue weighted by Gasteiger charge is -2.25. The van der Waals surface area contributed by atoms with Crippen molar-refractivity contribution in [3.63, 3.8) is 0 Å². The molecule has 4 aromatic carbocycles. The molecule has 416 valence electrons. The third-order valence-electron chi connectivity index (χ3n) is 12.1. The van der Waals surface area contributed by atoms with Gasteiger partial charge in [0.05, 0.1) is 22.8 Å². The van der Waals surface area contributed by atoms with Gasteiger partial charge in [-0.25, -0.2) is 14.4 Å². The summed E-state index contributed by atoms with van der Waals surface area (Å²) in [6.07, 6.45) is -0.776. The molecule has 2 aliphatic rings. The number of aromatic nitrogens is 6. The molecule has 0 spiro atoms. The van der Waals surface area contributed by atoms with E-state index in [-0.39, 0.29) is 52.6 Å². The highest BCUT2D eigenvalue weighted by Gasteiger charge is 2.33. The van der Waals surface area contributed by atoms with Gasteiger partial charge in [0.1, 0.15) is 23.0 Å². The van der Waals surface area contributed by atoms with E-state index in [4.69, 9.17) is 5.73 Å². The molecule has 7 aromatic rings. The maximum Gasteiger partial charge on any atom is 0.573 e. The van der Waals surface area contributed by atoms with Crippen LogP contribution in [0.3, 0.4) is 0 Å². The third kappa shape index (κ3) is 15.4. The van der Waals surface area contributed by atoms with Crippen molar-refractivity contribution in [2.75, 3.05) is 17.2 Å². The first kappa shape index (κ1) is 57.3. The van der Waals surface area contributed by atoms with Gasteiger partial charge in [0.15, 0.2) is 0 Å². The number of primary amides is 1. The van der Waals surface area contributed by atoms with E-state index in [0.29, 0.717) is 40.4 Å². The van der Waals surface area contributed by atoms with Crippen LogP contribution in [-0.2, 0) is 0 Å². The zero-order valence-corrected chi connectivity index (χ0v) is 42.4. The van der Waals surface area contributed by atoms with E-state index < -0.39 is 42.1 Å². The number of hydrogen-bond donors (Lipinski definition) is 7. The van der Waals surface area contributed by atoms with Crippen LogP contribution in [0.4, 0.5) is 52.1 Å². The maximum atomic E-state index is 12.7. The topological polar surface area (TPSA) is 272 Å². The molecule has 9 rings (SSSR count). The number of alkyl halides is 6. The van der Waals surface area contributed by atoms with Gasteiger partial charge in [-0.1, -0.05) is 12.8 Å². The first-order valence-electron chi connectivity index (χ1n) is 24.5. The number of carbonyl (C=O) groups excluding carboxylic acids is 5. The molecule has 3 aromatic heterocycles. The van der Waals surface area contributed by atoms with Crippen LogP contribution in [0.15, 0.2) is 116 Å². The second-order valence-corrected chi connectivity index (χ2v) is 18.2. The molecule has 0 saturated heterocycles. The minimum Gasteiger partial charge on any atom is -0.507 e. The Balaban J connectivity index is 0.000000200. The van der Waals surface area contributed by atoms with Crippen LogP contribution in [-0.4, -0.2) is 94.8 Å². The molecule has 0 atom stereocenters. The number of nitrogens with zero attached hydrogens (tertiary/aromatic N) is 6. The molecule has 2 aliphatic carbocycles. The van der Waals surface area contributed by atoms with Gasteiger partial charge < -0.3 is 46.7 Å². The predicted octanol–water partition coefficient (Wildman–Crippen LogP) is 10.7. The molecule has 20 nitrogen and oxygen atoms in total. The zero-order chi connectivity index (χ0) is 57.2. The van der Waals surface area contributed by atoms with Gasteiger partial charge in [0, 0.05) is 70.4 Å². The molecule has 79 heavy (non-hydrogen) atoms. The van der Waals surface area contributed by atoms with Crippen molar-refractivity contribution in [1.29, 1.82) is 0 Å². The number of anilines is 2. The predicted molar refractivity (Wildman–Crippen MR) is 275 cm³/mol. The van der Waals surface area contributed by atoms with E-state index >= 15 is 0 Å². The normalized spacial score (nSPS) is 13.3. The van der Waals surface area contributed by atoms with Crippen LogP contribution in [0.5, 0.6) is 23.0 Å². The van der Waals surface area contributed by atoms with Gasteiger partial charge in [-0.05, 0) is 150 Å². The summed E-state index contributed by atoms with van der Waals surface area (Å²) < 4.78 is 85.3. The fourth-order valence-corrected chi connectivity index (χ4v) is 7.96. The number of amides is 5. The molecule has 5 amide bonds. The molecule has 2 fully saturated rings. The molecule has 3 heterocycles. The highest BCUT2D eigenvalue weighted by Crippen LogP contribution is 2.41. The first-order valence-corrected chi connectivity index (χ1v) is 24.5. The highest BCUT2D eigenvalue weighted by molar-refractivity contribution is 6.05. The molecular weight excluding hydrogens is 1050 g/mol. The average Bonchev–Trinajstić information content (AvgIpc) is 4.14. The fourth-order valence-electron chi connectivity index (χ4n) is 7.96. The molecule has 0 unspecified atom stereocenters. The summed E-state index contributed by atoms with van der Waals surface area (Å²) in [5.74, 6) is -1.79. The number of ether oxygens (including phenoxy) is 2. The van der Waals surface area contributed by atoms with E-state index in [1.165, 1.54) is 82.4 Å². The number of phenols is 2. The van der Waals surface area contributed by atoms with E-state index in [0.717, 1.165) is 78.9 Å². The number of aromatic hydroxyl groups is 2. The Labute approximate surface area is 446 Å². The Morgan fingerprint density at radius 3 is 1.42 bits per heavy atom. The highest BCUT2D eigenvalue weighted by atomic mass is 19.4. The average molecular weight is 1100 g/mol. The van der Waals surface area contributed by atoms with Crippen molar-refractivity contribution in [3.05, 3.63) is 138 Å². The lowest BCUT2D eigenvalue weighted by Crippen LogP contribution is -2.36. The Hall–Kier alpha value is -9.36. The summed E-state index contributed by atoms with van der Waals surface area (Å²) >= 11 is 0. The molecule has 8 N–H and O–H groups in total. The van der Waals surface area contributed by atoms with Crippen LogP contribution in [0.2, 0.25) is 0 Å². The molecule has 0 radical (unpaired) electrons. The molecule has 0 aliphatic heterocycles. The maximum absolute atomic E-state index is 12.7. The molecule has 2 saturated carbocycles. The molecule has 0 bridgehead atoms. The van der Waals surface area contributed by atoms with Crippen molar-refractivity contribution >= 4 is 41.3 Å². The summed E-state index contributed by atoms with van der Waals surface area (Å²) in [7, 11) is 0. The van der Waals surface area contributed by atoms with Crippen LogP contribution in [0.1, 0.15) is 103 Å². The van der Waals surface area contributed by atoms with E-state index in [1.54, 1.807) is 25.1 Å². The Bertz CT molecular complexity index is 3280.